The van der Waals surface area contributed by atoms with Gasteiger partial charge < -0.3 is 9.30 Å². The van der Waals surface area contributed by atoms with Crippen LogP contribution < -0.4 is 14.9 Å². The molecule has 0 bridgehead atoms. The predicted octanol–water partition coefficient (Wildman–Crippen LogP) is 3.89. The van der Waals surface area contributed by atoms with E-state index in [1.807, 2.05) is 87.6 Å². The molecule has 0 N–H and O–H groups in total. The summed E-state index contributed by atoms with van der Waals surface area (Å²) in [5.41, 5.74) is 5.52. The summed E-state index contributed by atoms with van der Waals surface area (Å²) < 4.78 is 9.80. The number of fused-ring (bicyclic) bond motifs is 1. The Morgan fingerprint density at radius 1 is 1.08 bits per heavy atom. The van der Waals surface area contributed by atoms with Gasteiger partial charge >= 0.3 is 5.97 Å². The zero-order chi connectivity index (χ0) is 25.4. The summed E-state index contributed by atoms with van der Waals surface area (Å²) in [4.78, 5) is 32.7. The molecule has 2 aromatic heterocycles. The first kappa shape index (κ1) is 23.8. The van der Waals surface area contributed by atoms with Crippen molar-refractivity contribution in [1.82, 2.24) is 9.13 Å². The highest BCUT2D eigenvalue weighted by Crippen LogP contribution is 2.35. The molecule has 1 aliphatic heterocycles. The summed E-state index contributed by atoms with van der Waals surface area (Å²) in [5.74, 6) is -0.474. The summed E-state index contributed by atoms with van der Waals surface area (Å²) in [6, 6.07) is 20.6. The fourth-order valence-corrected chi connectivity index (χ4v) is 5.55. The number of ether oxygens (including phenoxy) is 1. The van der Waals surface area contributed by atoms with E-state index in [-0.39, 0.29) is 12.2 Å². The molecule has 0 saturated carbocycles. The Morgan fingerprint density at radius 2 is 1.75 bits per heavy atom. The summed E-state index contributed by atoms with van der Waals surface area (Å²) in [6.07, 6.45) is 1.92. The van der Waals surface area contributed by atoms with Crippen LogP contribution in [0, 0.1) is 13.8 Å². The summed E-state index contributed by atoms with van der Waals surface area (Å²) >= 11 is 1.34. The van der Waals surface area contributed by atoms with Gasteiger partial charge in [0.05, 0.1) is 28.5 Å². The highest BCUT2D eigenvalue weighted by atomic mass is 32.1. The first-order chi connectivity index (χ1) is 17.4. The van der Waals surface area contributed by atoms with Crippen LogP contribution in [0.3, 0.4) is 0 Å². The standard InChI is InChI=1S/C29H27N3O3S/c1-5-35-28(34)24-25(20-12-8-6-9-13-20)30-29-32(26(24)21-14-10-7-11-15-21)27(33)23(36-29)17-22-16-18(2)31(4)19(22)3/h6-17,26H,5H2,1-4H3. The van der Waals surface area contributed by atoms with Gasteiger partial charge in [0.2, 0.25) is 0 Å². The van der Waals surface area contributed by atoms with Crippen LogP contribution >= 0.6 is 11.3 Å². The molecular formula is C29H27N3O3S. The van der Waals surface area contributed by atoms with Crippen molar-refractivity contribution in [2.24, 2.45) is 12.0 Å². The van der Waals surface area contributed by atoms with Crippen molar-refractivity contribution in [3.63, 3.8) is 0 Å². The van der Waals surface area contributed by atoms with E-state index < -0.39 is 12.0 Å². The topological polar surface area (TPSA) is 65.6 Å². The van der Waals surface area contributed by atoms with Crippen molar-refractivity contribution in [1.29, 1.82) is 0 Å². The fourth-order valence-electron chi connectivity index (χ4n) is 4.56. The molecule has 6 nitrogen and oxygen atoms in total. The van der Waals surface area contributed by atoms with Crippen LogP contribution in [0.5, 0.6) is 0 Å². The molecule has 1 atom stereocenters. The molecule has 0 spiro atoms. The van der Waals surface area contributed by atoms with Crippen LogP contribution in [-0.2, 0) is 16.6 Å². The number of rotatable bonds is 5. The lowest BCUT2D eigenvalue weighted by Crippen LogP contribution is -2.40. The molecule has 4 aromatic rings. The van der Waals surface area contributed by atoms with Gasteiger partial charge in [0, 0.05) is 24.0 Å². The molecule has 36 heavy (non-hydrogen) atoms. The maximum atomic E-state index is 13.9. The fraction of sp³-hybridized carbons (Fsp3) is 0.207. The molecule has 0 fully saturated rings. The smallest absolute Gasteiger partial charge is 0.338 e. The molecule has 3 heterocycles. The maximum absolute atomic E-state index is 13.9. The maximum Gasteiger partial charge on any atom is 0.338 e. The van der Waals surface area contributed by atoms with Gasteiger partial charge in [-0.15, -0.1) is 0 Å². The third kappa shape index (κ3) is 4.05. The van der Waals surface area contributed by atoms with Gasteiger partial charge in [-0.3, -0.25) is 9.36 Å². The third-order valence-electron chi connectivity index (χ3n) is 6.59. The van der Waals surface area contributed by atoms with E-state index in [2.05, 4.69) is 10.6 Å². The van der Waals surface area contributed by atoms with Gasteiger partial charge in [0.15, 0.2) is 4.80 Å². The van der Waals surface area contributed by atoms with Gasteiger partial charge in [-0.25, -0.2) is 9.79 Å². The number of aryl methyl sites for hydroxylation is 1. The van der Waals surface area contributed by atoms with E-state index in [9.17, 15) is 9.59 Å². The van der Waals surface area contributed by atoms with E-state index in [1.54, 1.807) is 11.5 Å². The Morgan fingerprint density at radius 3 is 2.36 bits per heavy atom. The first-order valence-electron chi connectivity index (χ1n) is 11.9. The molecule has 182 valence electrons. The molecular weight excluding hydrogens is 470 g/mol. The first-order valence-corrected chi connectivity index (χ1v) is 12.7. The number of carbonyl (C=O) groups excluding carboxylic acids is 1. The van der Waals surface area contributed by atoms with Crippen molar-refractivity contribution < 1.29 is 9.53 Å². The molecule has 1 aliphatic rings. The highest BCUT2D eigenvalue weighted by Gasteiger charge is 2.35. The molecule has 0 radical (unpaired) electrons. The zero-order valence-electron chi connectivity index (χ0n) is 20.7. The van der Waals surface area contributed by atoms with E-state index >= 15 is 0 Å². The van der Waals surface area contributed by atoms with Crippen LogP contribution in [0.2, 0.25) is 0 Å². The molecule has 1 unspecified atom stereocenters. The monoisotopic (exact) mass is 497 g/mol. The second-order valence-corrected chi connectivity index (χ2v) is 9.74. The minimum Gasteiger partial charge on any atom is -0.463 e. The van der Waals surface area contributed by atoms with Crippen molar-refractivity contribution in [3.8, 4) is 0 Å². The highest BCUT2D eigenvalue weighted by molar-refractivity contribution is 7.07. The lowest BCUT2D eigenvalue weighted by atomic mass is 9.93. The normalized spacial score (nSPS) is 15.6. The van der Waals surface area contributed by atoms with Crippen LogP contribution in [0.4, 0.5) is 0 Å². The molecule has 0 saturated heterocycles. The van der Waals surface area contributed by atoms with E-state index in [0.29, 0.717) is 20.6 Å². The van der Waals surface area contributed by atoms with Crippen molar-refractivity contribution in [3.05, 3.63) is 120 Å². The number of nitrogens with zero attached hydrogens (tertiary/aromatic N) is 3. The number of benzene rings is 2. The van der Waals surface area contributed by atoms with Crippen LogP contribution in [-0.4, -0.2) is 21.7 Å². The summed E-state index contributed by atoms with van der Waals surface area (Å²) in [7, 11) is 2.01. The predicted molar refractivity (Wildman–Crippen MR) is 142 cm³/mol. The second kappa shape index (κ2) is 9.59. The largest absolute Gasteiger partial charge is 0.463 e. The van der Waals surface area contributed by atoms with Gasteiger partial charge in [-0.1, -0.05) is 72.0 Å². The third-order valence-corrected chi connectivity index (χ3v) is 7.57. The second-order valence-electron chi connectivity index (χ2n) is 8.73. The molecule has 0 aliphatic carbocycles. The number of carbonyl (C=O) groups is 1. The van der Waals surface area contributed by atoms with E-state index in [0.717, 1.165) is 28.1 Å². The van der Waals surface area contributed by atoms with Crippen LogP contribution in [0.1, 0.15) is 41.0 Å². The molecule has 0 amide bonds. The average molecular weight is 498 g/mol. The number of esters is 1. The number of thiazole rings is 1. The number of hydrogen-bond acceptors (Lipinski definition) is 5. The number of hydrogen-bond donors (Lipinski definition) is 0. The Labute approximate surface area is 213 Å². The number of aromatic nitrogens is 2. The van der Waals surface area contributed by atoms with E-state index in [1.165, 1.54) is 11.3 Å². The molecule has 7 heteroatoms. The van der Waals surface area contributed by atoms with Gasteiger partial charge in [0.1, 0.15) is 0 Å². The van der Waals surface area contributed by atoms with Gasteiger partial charge in [-0.05, 0) is 44.0 Å². The quantitative estimate of drug-likeness (QED) is 0.393. The van der Waals surface area contributed by atoms with Gasteiger partial charge in [-0.2, -0.15) is 0 Å². The Balaban J connectivity index is 1.84. The van der Waals surface area contributed by atoms with Gasteiger partial charge in [0.25, 0.3) is 5.56 Å². The van der Waals surface area contributed by atoms with Crippen LogP contribution in [0.15, 0.2) is 82.1 Å². The Hall–Kier alpha value is -3.97. The Bertz CT molecular complexity index is 1660. The van der Waals surface area contributed by atoms with Crippen LogP contribution in [0.25, 0.3) is 11.8 Å². The SMILES string of the molecule is CCOC(=O)C1=C(c2ccccc2)N=c2sc(=Cc3cc(C)n(C)c3C)c(=O)n2C1c1ccccc1. The lowest BCUT2D eigenvalue weighted by molar-refractivity contribution is -0.138. The minimum absolute atomic E-state index is 0.178. The molecule has 5 rings (SSSR count). The van der Waals surface area contributed by atoms with Crippen molar-refractivity contribution in [2.75, 3.05) is 6.61 Å². The summed E-state index contributed by atoms with van der Waals surface area (Å²) in [6.45, 7) is 6.08. The van der Waals surface area contributed by atoms with E-state index in [4.69, 9.17) is 9.73 Å². The zero-order valence-corrected chi connectivity index (χ0v) is 21.5. The minimum atomic E-state index is -0.655. The summed E-state index contributed by atoms with van der Waals surface area (Å²) in [5, 5.41) is 0. The van der Waals surface area contributed by atoms with Crippen molar-refractivity contribution in [2.45, 2.75) is 26.8 Å². The van der Waals surface area contributed by atoms with Crippen molar-refractivity contribution >= 4 is 29.1 Å². The Kier molecular flexibility index (Phi) is 6.33. The average Bonchev–Trinajstić information content (AvgIpc) is 3.34. The molecule has 2 aromatic carbocycles. The lowest BCUT2D eigenvalue weighted by Gasteiger charge is -2.25.